The van der Waals surface area contributed by atoms with Crippen LogP contribution in [0.2, 0.25) is 0 Å². The molecule has 4 rings (SSSR count). The van der Waals surface area contributed by atoms with E-state index >= 15 is 0 Å². The summed E-state index contributed by atoms with van der Waals surface area (Å²) in [6, 6.07) is 5.55. The maximum absolute atomic E-state index is 12.7. The molecule has 0 saturated carbocycles. The van der Waals surface area contributed by atoms with Crippen LogP contribution in [0.15, 0.2) is 39.3 Å². The van der Waals surface area contributed by atoms with Crippen molar-refractivity contribution in [2.75, 3.05) is 19.4 Å². The number of aromatic nitrogens is 2. The maximum Gasteiger partial charge on any atom is 0.343 e. The molecule has 0 spiro atoms. The van der Waals surface area contributed by atoms with Gasteiger partial charge in [-0.2, -0.15) is 0 Å². The summed E-state index contributed by atoms with van der Waals surface area (Å²) in [5, 5.41) is 2.53. The third-order valence-electron chi connectivity index (χ3n) is 4.68. The zero-order valence-corrected chi connectivity index (χ0v) is 17.6. The van der Waals surface area contributed by atoms with E-state index in [9.17, 15) is 9.59 Å². The molecule has 0 saturated heterocycles. The van der Waals surface area contributed by atoms with Gasteiger partial charge < -0.3 is 14.1 Å². The number of carbonyl (C=O) groups excluding carboxylic acids is 2. The molecule has 150 valence electrons. The van der Waals surface area contributed by atoms with Gasteiger partial charge >= 0.3 is 5.97 Å². The summed E-state index contributed by atoms with van der Waals surface area (Å²) in [6.07, 6.45) is 4.20. The number of thioether (sulfide) groups is 1. The molecule has 0 radical (unpaired) electrons. The van der Waals surface area contributed by atoms with Crippen molar-refractivity contribution in [3.05, 3.63) is 51.5 Å². The second kappa shape index (κ2) is 8.38. The third kappa shape index (κ3) is 4.06. The van der Waals surface area contributed by atoms with Gasteiger partial charge in [-0.05, 0) is 48.7 Å². The Bertz CT molecular complexity index is 1050. The van der Waals surface area contributed by atoms with Crippen LogP contribution >= 0.6 is 23.1 Å². The second-order valence-corrected chi connectivity index (χ2v) is 8.30. The van der Waals surface area contributed by atoms with Crippen molar-refractivity contribution in [2.24, 2.45) is 0 Å². The lowest BCUT2D eigenvalue weighted by Gasteiger charge is -2.26. The minimum absolute atomic E-state index is 0.202. The molecule has 0 N–H and O–H groups in total. The molecule has 3 aromatic heterocycles. The molecular weight excluding hydrogens is 410 g/mol. The molecule has 9 heteroatoms. The predicted octanol–water partition coefficient (Wildman–Crippen LogP) is 3.57. The maximum atomic E-state index is 12.7. The molecule has 0 aromatic carbocycles. The van der Waals surface area contributed by atoms with Gasteiger partial charge in [0.15, 0.2) is 18.2 Å². The number of thiophene rings is 1. The first-order valence-electron chi connectivity index (χ1n) is 9.03. The standard InChI is InChI=1S/C20H19N3O4S2/c1-12-17(19(28-2)22-18(21-12)14-4-3-8-26-14)20(25)27-11-16(24)23-7-5-15-13(10-23)6-9-29-15/h3-4,6,8-9H,5,7,10-11H2,1-2H3. The van der Waals surface area contributed by atoms with Crippen molar-refractivity contribution in [3.63, 3.8) is 0 Å². The van der Waals surface area contributed by atoms with Crippen LogP contribution < -0.4 is 0 Å². The summed E-state index contributed by atoms with van der Waals surface area (Å²) in [6.45, 7) is 2.62. The normalized spacial score (nSPS) is 13.2. The summed E-state index contributed by atoms with van der Waals surface area (Å²) in [5.41, 5.74) is 1.93. The fourth-order valence-electron chi connectivity index (χ4n) is 3.20. The molecular formula is C20H19N3O4S2. The molecule has 29 heavy (non-hydrogen) atoms. The third-order valence-corrected chi connectivity index (χ3v) is 6.39. The number of furan rings is 1. The number of amides is 1. The number of hydrogen-bond acceptors (Lipinski definition) is 8. The summed E-state index contributed by atoms with van der Waals surface area (Å²) in [4.78, 5) is 37.0. The topological polar surface area (TPSA) is 85.5 Å². The van der Waals surface area contributed by atoms with E-state index < -0.39 is 5.97 Å². The van der Waals surface area contributed by atoms with Gasteiger partial charge in [-0.15, -0.1) is 23.1 Å². The first-order chi connectivity index (χ1) is 14.1. The highest BCUT2D eigenvalue weighted by atomic mass is 32.2. The fourth-order valence-corrected chi connectivity index (χ4v) is 4.70. The quantitative estimate of drug-likeness (QED) is 0.348. The van der Waals surface area contributed by atoms with Crippen LogP contribution in [0.3, 0.4) is 0 Å². The van der Waals surface area contributed by atoms with E-state index in [1.807, 2.05) is 17.7 Å². The second-order valence-electron chi connectivity index (χ2n) is 6.50. The van der Waals surface area contributed by atoms with Crippen LogP contribution in [-0.2, 0) is 22.5 Å². The van der Waals surface area contributed by atoms with Crippen molar-refractivity contribution in [1.29, 1.82) is 0 Å². The minimum atomic E-state index is -0.598. The highest BCUT2D eigenvalue weighted by Gasteiger charge is 2.25. The van der Waals surface area contributed by atoms with Gasteiger partial charge in [0.05, 0.1) is 12.0 Å². The predicted molar refractivity (Wildman–Crippen MR) is 110 cm³/mol. The Hall–Kier alpha value is -2.65. The van der Waals surface area contributed by atoms with E-state index in [4.69, 9.17) is 9.15 Å². The molecule has 1 amide bonds. The average molecular weight is 430 g/mol. The number of nitrogens with zero attached hydrogens (tertiary/aromatic N) is 3. The number of hydrogen-bond donors (Lipinski definition) is 0. The van der Waals surface area contributed by atoms with Gasteiger partial charge in [0.1, 0.15) is 10.6 Å². The molecule has 0 atom stereocenters. The van der Waals surface area contributed by atoms with Gasteiger partial charge in [-0.3, -0.25) is 4.79 Å². The van der Waals surface area contributed by atoms with Gasteiger partial charge in [0, 0.05) is 18.0 Å². The number of ether oxygens (including phenoxy) is 1. The van der Waals surface area contributed by atoms with Crippen LogP contribution in [0.5, 0.6) is 0 Å². The summed E-state index contributed by atoms with van der Waals surface area (Å²) in [5.74, 6) is 0.131. The Morgan fingerprint density at radius 3 is 2.97 bits per heavy atom. The van der Waals surface area contributed by atoms with Crippen molar-refractivity contribution >= 4 is 35.0 Å². The molecule has 0 aliphatic carbocycles. The lowest BCUT2D eigenvalue weighted by Crippen LogP contribution is -2.38. The van der Waals surface area contributed by atoms with E-state index in [0.29, 0.717) is 35.4 Å². The number of aryl methyl sites for hydroxylation is 1. The van der Waals surface area contributed by atoms with Crippen molar-refractivity contribution in [3.8, 4) is 11.6 Å². The van der Waals surface area contributed by atoms with E-state index in [-0.39, 0.29) is 18.1 Å². The molecule has 3 aromatic rings. The molecule has 1 aliphatic rings. The number of esters is 1. The monoisotopic (exact) mass is 429 g/mol. The van der Waals surface area contributed by atoms with Crippen LogP contribution in [-0.4, -0.2) is 46.2 Å². The minimum Gasteiger partial charge on any atom is -0.461 e. The van der Waals surface area contributed by atoms with Crippen molar-refractivity contribution in [1.82, 2.24) is 14.9 Å². The van der Waals surface area contributed by atoms with E-state index in [1.165, 1.54) is 22.2 Å². The van der Waals surface area contributed by atoms with Crippen LogP contribution in [0, 0.1) is 6.92 Å². The first kappa shape index (κ1) is 19.7. The Morgan fingerprint density at radius 2 is 2.21 bits per heavy atom. The van der Waals surface area contributed by atoms with E-state index in [2.05, 4.69) is 9.97 Å². The highest BCUT2D eigenvalue weighted by molar-refractivity contribution is 7.98. The van der Waals surface area contributed by atoms with Gasteiger partial charge in [0.2, 0.25) is 0 Å². The Labute approximate surface area is 176 Å². The number of fused-ring (bicyclic) bond motifs is 1. The fraction of sp³-hybridized carbons (Fsp3) is 0.300. The van der Waals surface area contributed by atoms with Crippen LogP contribution in [0.25, 0.3) is 11.6 Å². The Kier molecular flexibility index (Phi) is 5.68. The Balaban J connectivity index is 1.45. The van der Waals surface area contributed by atoms with Crippen molar-refractivity contribution < 1.29 is 18.7 Å². The zero-order valence-electron chi connectivity index (χ0n) is 16.0. The molecule has 0 bridgehead atoms. The summed E-state index contributed by atoms with van der Waals surface area (Å²) >= 11 is 3.03. The average Bonchev–Trinajstić information content (AvgIpc) is 3.42. The molecule has 0 unspecified atom stereocenters. The van der Waals surface area contributed by atoms with Gasteiger partial charge in [-0.1, -0.05) is 0 Å². The molecule has 7 nitrogen and oxygen atoms in total. The Morgan fingerprint density at radius 1 is 1.34 bits per heavy atom. The molecule has 0 fully saturated rings. The number of carbonyl (C=O) groups is 2. The van der Waals surface area contributed by atoms with Crippen molar-refractivity contribution in [2.45, 2.75) is 24.9 Å². The first-order valence-corrected chi connectivity index (χ1v) is 11.1. The summed E-state index contributed by atoms with van der Waals surface area (Å²) in [7, 11) is 0. The van der Waals surface area contributed by atoms with Gasteiger partial charge in [0.25, 0.3) is 5.91 Å². The lowest BCUT2D eigenvalue weighted by molar-refractivity contribution is -0.135. The summed E-state index contributed by atoms with van der Waals surface area (Å²) < 4.78 is 10.7. The molecule has 1 aliphatic heterocycles. The SMILES string of the molecule is CSc1nc(-c2ccco2)nc(C)c1C(=O)OCC(=O)N1CCc2sccc2C1. The zero-order chi connectivity index (χ0) is 20.4. The van der Waals surface area contributed by atoms with E-state index in [0.717, 1.165) is 6.42 Å². The number of rotatable bonds is 5. The van der Waals surface area contributed by atoms with Crippen LogP contribution in [0.1, 0.15) is 26.5 Å². The highest BCUT2D eigenvalue weighted by Crippen LogP contribution is 2.26. The molecule has 4 heterocycles. The van der Waals surface area contributed by atoms with Gasteiger partial charge in [-0.25, -0.2) is 14.8 Å². The smallest absolute Gasteiger partial charge is 0.343 e. The lowest BCUT2D eigenvalue weighted by atomic mass is 10.1. The van der Waals surface area contributed by atoms with E-state index in [1.54, 1.807) is 41.6 Å². The van der Waals surface area contributed by atoms with Crippen LogP contribution in [0.4, 0.5) is 0 Å². The largest absolute Gasteiger partial charge is 0.461 e.